The van der Waals surface area contributed by atoms with Crippen LogP contribution in [-0.4, -0.2) is 23.8 Å². The molecule has 4 heteroatoms. The van der Waals surface area contributed by atoms with Gasteiger partial charge in [-0.25, -0.2) is 9.18 Å². The highest BCUT2D eigenvalue weighted by Crippen LogP contribution is 2.14. The van der Waals surface area contributed by atoms with Crippen molar-refractivity contribution in [2.24, 2.45) is 4.99 Å². The lowest BCUT2D eigenvalue weighted by molar-refractivity contribution is -0.129. The highest BCUT2D eigenvalue weighted by Gasteiger charge is 2.05. The van der Waals surface area contributed by atoms with Gasteiger partial charge in [0.25, 0.3) is 0 Å². The Hall–Kier alpha value is -1.97. The Morgan fingerprint density at radius 2 is 1.94 bits per heavy atom. The van der Waals surface area contributed by atoms with Gasteiger partial charge in [-0.3, -0.25) is 4.99 Å². The molecule has 0 aromatic heterocycles. The number of halogens is 1. The first-order valence-corrected chi connectivity index (χ1v) is 4.69. The van der Waals surface area contributed by atoms with Crippen molar-refractivity contribution in [1.82, 2.24) is 0 Å². The van der Waals surface area contributed by atoms with E-state index in [1.807, 2.05) is 0 Å². The van der Waals surface area contributed by atoms with Crippen molar-refractivity contribution >= 4 is 17.3 Å². The van der Waals surface area contributed by atoms with Gasteiger partial charge in [0.1, 0.15) is 11.5 Å². The molecule has 0 heterocycles. The number of allylic oxidation sites excluding steroid dienone is 1. The van der Waals surface area contributed by atoms with Crippen molar-refractivity contribution in [1.29, 1.82) is 0 Å². The van der Waals surface area contributed by atoms with Gasteiger partial charge in [0.15, 0.2) is 0 Å². The SMILES string of the molecule is CN=C(/C=C(\C)c1ccc(F)cc1)C(=O)O. The molecule has 0 fully saturated rings. The van der Waals surface area contributed by atoms with Crippen molar-refractivity contribution in [2.75, 3.05) is 7.05 Å². The minimum absolute atomic E-state index is 0.0261. The molecule has 84 valence electrons. The number of aliphatic imine (C=N–C) groups is 1. The molecule has 0 aliphatic rings. The summed E-state index contributed by atoms with van der Waals surface area (Å²) in [4.78, 5) is 14.4. The van der Waals surface area contributed by atoms with Crippen LogP contribution in [0.3, 0.4) is 0 Å². The molecule has 0 atom stereocenters. The second-order valence-corrected chi connectivity index (χ2v) is 3.25. The third-order valence-corrected chi connectivity index (χ3v) is 2.11. The van der Waals surface area contributed by atoms with E-state index < -0.39 is 5.97 Å². The van der Waals surface area contributed by atoms with Crippen molar-refractivity contribution < 1.29 is 14.3 Å². The van der Waals surface area contributed by atoms with E-state index in [0.717, 1.165) is 11.1 Å². The zero-order valence-electron chi connectivity index (χ0n) is 9.07. The zero-order valence-corrected chi connectivity index (χ0v) is 9.07. The molecule has 1 N–H and O–H groups in total. The summed E-state index contributed by atoms with van der Waals surface area (Å²) < 4.78 is 12.7. The summed E-state index contributed by atoms with van der Waals surface area (Å²) in [6, 6.07) is 5.85. The topological polar surface area (TPSA) is 49.7 Å². The van der Waals surface area contributed by atoms with Crippen molar-refractivity contribution in [2.45, 2.75) is 6.92 Å². The van der Waals surface area contributed by atoms with Crippen molar-refractivity contribution in [3.63, 3.8) is 0 Å². The first-order valence-electron chi connectivity index (χ1n) is 4.69. The average Bonchev–Trinajstić information content (AvgIpc) is 2.26. The number of hydrogen-bond donors (Lipinski definition) is 1. The third-order valence-electron chi connectivity index (χ3n) is 2.11. The summed E-state index contributed by atoms with van der Waals surface area (Å²) >= 11 is 0. The van der Waals surface area contributed by atoms with Gasteiger partial charge in [-0.05, 0) is 36.3 Å². The Morgan fingerprint density at radius 1 is 1.38 bits per heavy atom. The Balaban J connectivity index is 3.01. The minimum Gasteiger partial charge on any atom is -0.477 e. The largest absolute Gasteiger partial charge is 0.477 e. The highest BCUT2D eigenvalue weighted by molar-refractivity contribution is 6.41. The molecular weight excluding hydrogens is 209 g/mol. The molecule has 1 aromatic rings. The van der Waals surface area contributed by atoms with Gasteiger partial charge >= 0.3 is 5.97 Å². The molecule has 0 unspecified atom stereocenters. The molecule has 0 spiro atoms. The van der Waals surface area contributed by atoms with Gasteiger partial charge in [-0.15, -0.1) is 0 Å². The number of carboxylic acid groups (broad SMARTS) is 1. The Labute approximate surface area is 92.9 Å². The Bertz CT molecular complexity index is 447. The summed E-state index contributed by atoms with van der Waals surface area (Å²) in [7, 11) is 1.41. The van der Waals surface area contributed by atoms with Gasteiger partial charge in [-0.1, -0.05) is 12.1 Å². The first-order chi connectivity index (χ1) is 7.54. The second-order valence-electron chi connectivity index (χ2n) is 3.25. The third kappa shape index (κ3) is 3.02. The van der Waals surface area contributed by atoms with Crippen LogP contribution in [0.4, 0.5) is 4.39 Å². The number of rotatable bonds is 3. The van der Waals surface area contributed by atoms with E-state index >= 15 is 0 Å². The fraction of sp³-hybridized carbons (Fsp3) is 0.167. The first kappa shape index (κ1) is 12.1. The molecule has 0 bridgehead atoms. The summed E-state index contributed by atoms with van der Waals surface area (Å²) in [5, 5.41) is 8.78. The molecule has 0 aliphatic heterocycles. The summed E-state index contributed by atoms with van der Waals surface area (Å²) in [6.45, 7) is 1.75. The van der Waals surface area contributed by atoms with Crippen LogP contribution >= 0.6 is 0 Å². The summed E-state index contributed by atoms with van der Waals surface area (Å²) in [5.41, 5.74) is 1.47. The summed E-state index contributed by atoms with van der Waals surface area (Å²) in [6.07, 6.45) is 1.45. The molecule has 0 aliphatic carbocycles. The average molecular weight is 221 g/mol. The highest BCUT2D eigenvalue weighted by atomic mass is 19.1. The van der Waals surface area contributed by atoms with E-state index in [1.165, 1.54) is 25.3 Å². The number of nitrogens with zero attached hydrogens (tertiary/aromatic N) is 1. The van der Waals surface area contributed by atoms with E-state index in [1.54, 1.807) is 19.1 Å². The maximum Gasteiger partial charge on any atom is 0.354 e. The lowest BCUT2D eigenvalue weighted by Crippen LogP contribution is -2.10. The fourth-order valence-electron chi connectivity index (χ4n) is 1.22. The molecule has 16 heavy (non-hydrogen) atoms. The molecule has 1 aromatic carbocycles. The predicted molar refractivity (Wildman–Crippen MR) is 61.0 cm³/mol. The van der Waals surface area contributed by atoms with Crippen LogP contribution in [0.2, 0.25) is 0 Å². The van der Waals surface area contributed by atoms with Crippen LogP contribution in [0, 0.1) is 5.82 Å². The molecular formula is C12H12FNO2. The van der Waals surface area contributed by atoms with Crippen LogP contribution in [0.15, 0.2) is 35.3 Å². The van der Waals surface area contributed by atoms with E-state index in [-0.39, 0.29) is 11.5 Å². The summed E-state index contributed by atoms with van der Waals surface area (Å²) in [5.74, 6) is -1.40. The lowest BCUT2D eigenvalue weighted by Gasteiger charge is -2.01. The smallest absolute Gasteiger partial charge is 0.354 e. The quantitative estimate of drug-likeness (QED) is 0.796. The predicted octanol–water partition coefficient (Wildman–Crippen LogP) is 2.38. The van der Waals surface area contributed by atoms with Crippen LogP contribution in [0.25, 0.3) is 5.57 Å². The lowest BCUT2D eigenvalue weighted by atomic mass is 10.1. The Kier molecular flexibility index (Phi) is 3.94. The van der Waals surface area contributed by atoms with Crippen molar-refractivity contribution in [3.05, 3.63) is 41.7 Å². The van der Waals surface area contributed by atoms with Crippen molar-refractivity contribution in [3.8, 4) is 0 Å². The number of carboxylic acids is 1. The fourth-order valence-corrected chi connectivity index (χ4v) is 1.22. The minimum atomic E-state index is -1.08. The van der Waals surface area contributed by atoms with Crippen LogP contribution in [0.1, 0.15) is 12.5 Å². The van der Waals surface area contributed by atoms with Gasteiger partial charge in [0, 0.05) is 7.05 Å². The number of hydrogen-bond acceptors (Lipinski definition) is 2. The monoisotopic (exact) mass is 221 g/mol. The molecule has 3 nitrogen and oxygen atoms in total. The molecule has 0 saturated carbocycles. The van der Waals surface area contributed by atoms with Gasteiger partial charge < -0.3 is 5.11 Å². The molecule has 1 rings (SSSR count). The van der Waals surface area contributed by atoms with E-state index in [0.29, 0.717) is 0 Å². The Morgan fingerprint density at radius 3 is 2.38 bits per heavy atom. The van der Waals surface area contributed by atoms with Crippen LogP contribution in [0.5, 0.6) is 0 Å². The van der Waals surface area contributed by atoms with Crippen LogP contribution < -0.4 is 0 Å². The van der Waals surface area contributed by atoms with Gasteiger partial charge in [0.2, 0.25) is 0 Å². The normalized spacial score (nSPS) is 12.7. The number of benzene rings is 1. The van der Waals surface area contributed by atoms with E-state index in [4.69, 9.17) is 5.11 Å². The number of carbonyl (C=O) groups is 1. The molecule has 0 amide bonds. The van der Waals surface area contributed by atoms with E-state index in [9.17, 15) is 9.18 Å². The molecule has 0 saturated heterocycles. The van der Waals surface area contributed by atoms with E-state index in [2.05, 4.69) is 4.99 Å². The van der Waals surface area contributed by atoms with Gasteiger partial charge in [-0.2, -0.15) is 0 Å². The maximum atomic E-state index is 12.7. The number of aliphatic carboxylic acids is 1. The standard InChI is InChI=1S/C12H12FNO2/c1-8(7-11(14-2)12(15)16)9-3-5-10(13)6-4-9/h3-7H,1-2H3,(H,15,16)/b8-7+,14-11?. The molecule has 0 radical (unpaired) electrons. The second kappa shape index (κ2) is 5.21. The maximum absolute atomic E-state index is 12.7. The zero-order chi connectivity index (χ0) is 12.1. The van der Waals surface area contributed by atoms with Crippen LogP contribution in [-0.2, 0) is 4.79 Å². The van der Waals surface area contributed by atoms with Gasteiger partial charge in [0.05, 0.1) is 0 Å².